The molecule has 0 N–H and O–H groups in total. The molecule has 1 aromatic carbocycles. The maximum atomic E-state index is 8.56. The molecule has 1 heterocycles. The average molecular weight is 263 g/mol. The van der Waals surface area contributed by atoms with E-state index in [1.165, 1.54) is 0 Å². The smallest absolute Gasteiger partial charge is 0.0702 e. The van der Waals surface area contributed by atoms with E-state index in [1.807, 2.05) is 18.2 Å². The van der Waals surface area contributed by atoms with Crippen molar-refractivity contribution in [2.24, 2.45) is 0 Å². The predicted molar refractivity (Wildman–Crippen MR) is 69.0 cm³/mol. The van der Waals surface area contributed by atoms with E-state index in [-0.39, 0.29) is 0 Å². The Bertz CT molecular complexity index is 571. The molecule has 0 fully saturated rings. The zero-order valence-electron chi connectivity index (χ0n) is 8.82. The third-order valence-electron chi connectivity index (χ3n) is 2.32. The van der Waals surface area contributed by atoms with E-state index in [2.05, 4.69) is 11.1 Å². The third kappa shape index (κ3) is 2.76. The SMILES string of the molecule is N#CCc1ccc(-c2ccc(Cl)c(Cl)c2)nc1. The van der Waals surface area contributed by atoms with Gasteiger partial charge < -0.3 is 0 Å². The van der Waals surface area contributed by atoms with Gasteiger partial charge in [0.15, 0.2) is 0 Å². The van der Waals surface area contributed by atoms with Gasteiger partial charge in [0.2, 0.25) is 0 Å². The summed E-state index contributed by atoms with van der Waals surface area (Å²) in [5, 5.41) is 9.59. The summed E-state index contributed by atoms with van der Waals surface area (Å²) >= 11 is 11.8. The minimum atomic E-state index is 0.370. The van der Waals surface area contributed by atoms with Crippen molar-refractivity contribution in [2.45, 2.75) is 6.42 Å². The Morgan fingerprint density at radius 3 is 2.53 bits per heavy atom. The second-order valence-corrected chi connectivity index (χ2v) is 4.33. The highest BCUT2D eigenvalue weighted by Crippen LogP contribution is 2.27. The maximum absolute atomic E-state index is 8.56. The van der Waals surface area contributed by atoms with Crippen LogP contribution in [0.25, 0.3) is 11.3 Å². The van der Waals surface area contributed by atoms with Crippen LogP contribution >= 0.6 is 23.2 Å². The number of pyridine rings is 1. The predicted octanol–water partition coefficient (Wildman–Crippen LogP) is 4.12. The Morgan fingerprint density at radius 1 is 1.12 bits per heavy atom. The van der Waals surface area contributed by atoms with E-state index >= 15 is 0 Å². The van der Waals surface area contributed by atoms with Crippen LogP contribution in [0.1, 0.15) is 5.56 Å². The maximum Gasteiger partial charge on any atom is 0.0702 e. The summed E-state index contributed by atoms with van der Waals surface area (Å²) in [6, 6.07) is 11.2. The van der Waals surface area contributed by atoms with E-state index in [4.69, 9.17) is 28.5 Å². The van der Waals surface area contributed by atoms with Gasteiger partial charge in [-0.05, 0) is 23.8 Å². The van der Waals surface area contributed by atoms with Crippen LogP contribution in [0.15, 0.2) is 36.5 Å². The molecule has 2 rings (SSSR count). The van der Waals surface area contributed by atoms with Gasteiger partial charge in [-0.15, -0.1) is 0 Å². The second kappa shape index (κ2) is 5.18. The first-order chi connectivity index (χ1) is 8.20. The Morgan fingerprint density at radius 2 is 1.94 bits per heavy atom. The molecule has 0 aliphatic heterocycles. The largest absolute Gasteiger partial charge is 0.256 e. The van der Waals surface area contributed by atoms with Gasteiger partial charge in [0.05, 0.1) is 28.2 Å². The Balaban J connectivity index is 2.33. The molecule has 0 unspecified atom stereocenters. The lowest BCUT2D eigenvalue weighted by Crippen LogP contribution is -1.87. The highest BCUT2D eigenvalue weighted by molar-refractivity contribution is 6.42. The minimum Gasteiger partial charge on any atom is -0.256 e. The van der Waals surface area contributed by atoms with Gasteiger partial charge in [-0.3, -0.25) is 4.98 Å². The van der Waals surface area contributed by atoms with Gasteiger partial charge in [0, 0.05) is 11.8 Å². The number of aromatic nitrogens is 1. The van der Waals surface area contributed by atoms with Crippen LogP contribution in [-0.4, -0.2) is 4.98 Å². The lowest BCUT2D eigenvalue weighted by Gasteiger charge is -2.03. The van der Waals surface area contributed by atoms with Gasteiger partial charge in [-0.2, -0.15) is 5.26 Å². The molecule has 0 atom stereocenters. The minimum absolute atomic E-state index is 0.370. The van der Waals surface area contributed by atoms with Gasteiger partial charge in [-0.1, -0.05) is 35.3 Å². The Labute approximate surface area is 109 Å². The van der Waals surface area contributed by atoms with E-state index in [0.717, 1.165) is 16.8 Å². The summed E-state index contributed by atoms with van der Waals surface area (Å²) in [7, 11) is 0. The summed E-state index contributed by atoms with van der Waals surface area (Å²) in [5.41, 5.74) is 2.62. The molecule has 0 saturated heterocycles. The molecule has 2 aromatic rings. The zero-order chi connectivity index (χ0) is 12.3. The van der Waals surface area contributed by atoms with Gasteiger partial charge >= 0.3 is 0 Å². The number of nitrogens with zero attached hydrogens (tertiary/aromatic N) is 2. The summed E-state index contributed by atoms with van der Waals surface area (Å²) in [4.78, 5) is 4.29. The average Bonchev–Trinajstić information content (AvgIpc) is 2.34. The van der Waals surface area contributed by atoms with Crippen molar-refractivity contribution in [3.05, 3.63) is 52.1 Å². The van der Waals surface area contributed by atoms with Gasteiger partial charge in [-0.25, -0.2) is 0 Å². The molecular formula is C13H8Cl2N2. The molecule has 0 spiro atoms. The fourth-order valence-corrected chi connectivity index (χ4v) is 1.74. The summed E-state index contributed by atoms with van der Waals surface area (Å²) < 4.78 is 0. The number of rotatable bonds is 2. The third-order valence-corrected chi connectivity index (χ3v) is 3.06. The molecule has 0 radical (unpaired) electrons. The lowest BCUT2D eigenvalue weighted by molar-refractivity contribution is 1.19. The molecule has 4 heteroatoms. The van der Waals surface area contributed by atoms with E-state index < -0.39 is 0 Å². The standard InChI is InChI=1S/C13H8Cl2N2/c14-11-3-2-10(7-12(11)15)13-4-1-9(5-6-16)8-17-13/h1-4,7-8H,5H2. The van der Waals surface area contributed by atoms with E-state index in [9.17, 15) is 0 Å². The molecule has 0 amide bonds. The number of halogens is 2. The summed E-state index contributed by atoms with van der Waals surface area (Å²) in [6.45, 7) is 0. The first-order valence-electron chi connectivity index (χ1n) is 4.98. The molecule has 0 saturated carbocycles. The van der Waals surface area contributed by atoms with E-state index in [0.29, 0.717) is 16.5 Å². The highest BCUT2D eigenvalue weighted by atomic mass is 35.5. The summed E-state index contributed by atoms with van der Waals surface area (Å²) in [5.74, 6) is 0. The zero-order valence-corrected chi connectivity index (χ0v) is 10.3. The molecule has 0 aliphatic carbocycles. The number of benzene rings is 1. The molecular weight excluding hydrogens is 255 g/mol. The normalized spacial score (nSPS) is 9.94. The van der Waals surface area contributed by atoms with Crippen LogP contribution in [0.2, 0.25) is 10.0 Å². The van der Waals surface area contributed by atoms with Crippen LogP contribution in [0, 0.1) is 11.3 Å². The monoisotopic (exact) mass is 262 g/mol. The van der Waals surface area contributed by atoms with Gasteiger partial charge in [0.25, 0.3) is 0 Å². The van der Waals surface area contributed by atoms with Crippen molar-refractivity contribution in [1.82, 2.24) is 4.98 Å². The Hall–Kier alpha value is -1.56. The lowest BCUT2D eigenvalue weighted by atomic mass is 10.1. The van der Waals surface area contributed by atoms with Crippen molar-refractivity contribution in [2.75, 3.05) is 0 Å². The second-order valence-electron chi connectivity index (χ2n) is 3.52. The first kappa shape index (κ1) is 11.9. The van der Waals surface area contributed by atoms with E-state index in [1.54, 1.807) is 18.3 Å². The van der Waals surface area contributed by atoms with Crippen LogP contribution in [-0.2, 0) is 6.42 Å². The van der Waals surface area contributed by atoms with Crippen LogP contribution in [0.4, 0.5) is 0 Å². The summed E-state index contributed by atoms with van der Waals surface area (Å²) in [6.07, 6.45) is 2.07. The first-order valence-corrected chi connectivity index (χ1v) is 5.73. The van der Waals surface area contributed by atoms with Crippen molar-refractivity contribution >= 4 is 23.2 Å². The number of nitriles is 1. The molecule has 1 aromatic heterocycles. The van der Waals surface area contributed by atoms with Crippen molar-refractivity contribution in [3.63, 3.8) is 0 Å². The van der Waals surface area contributed by atoms with Crippen molar-refractivity contribution in [3.8, 4) is 17.3 Å². The van der Waals surface area contributed by atoms with Crippen LogP contribution in [0.3, 0.4) is 0 Å². The number of hydrogen-bond donors (Lipinski definition) is 0. The fourth-order valence-electron chi connectivity index (χ4n) is 1.45. The molecule has 0 bridgehead atoms. The van der Waals surface area contributed by atoms with Crippen molar-refractivity contribution in [1.29, 1.82) is 5.26 Å². The van der Waals surface area contributed by atoms with Crippen LogP contribution < -0.4 is 0 Å². The van der Waals surface area contributed by atoms with Gasteiger partial charge in [0.1, 0.15) is 0 Å². The number of hydrogen-bond acceptors (Lipinski definition) is 2. The molecule has 84 valence electrons. The highest BCUT2D eigenvalue weighted by Gasteiger charge is 2.03. The molecule has 0 aliphatic rings. The quantitative estimate of drug-likeness (QED) is 0.817. The Kier molecular flexibility index (Phi) is 3.63. The molecule has 2 nitrogen and oxygen atoms in total. The fraction of sp³-hybridized carbons (Fsp3) is 0.0769. The molecule has 17 heavy (non-hydrogen) atoms. The van der Waals surface area contributed by atoms with Crippen LogP contribution in [0.5, 0.6) is 0 Å². The van der Waals surface area contributed by atoms with Crippen molar-refractivity contribution < 1.29 is 0 Å². The topological polar surface area (TPSA) is 36.7 Å².